The number of aryl methyl sites for hydroxylation is 1. The number of carbonyl (C=O) groups is 1. The second-order valence-electron chi connectivity index (χ2n) is 9.81. The van der Waals surface area contributed by atoms with E-state index in [0.29, 0.717) is 0 Å². The van der Waals surface area contributed by atoms with Gasteiger partial charge < -0.3 is 19.8 Å². The van der Waals surface area contributed by atoms with Crippen molar-refractivity contribution in [1.82, 2.24) is 20.3 Å². The van der Waals surface area contributed by atoms with Gasteiger partial charge in [0.05, 0.1) is 36.4 Å². The van der Waals surface area contributed by atoms with Gasteiger partial charge in [0.2, 0.25) is 0 Å². The minimum absolute atomic E-state index is 0.000329. The van der Waals surface area contributed by atoms with E-state index >= 15 is 0 Å². The highest BCUT2D eigenvalue weighted by molar-refractivity contribution is 6.01. The maximum Gasteiger partial charge on any atom is 0.253 e. The molecule has 1 saturated heterocycles. The Morgan fingerprint density at radius 1 is 1.09 bits per heavy atom. The van der Waals surface area contributed by atoms with Gasteiger partial charge in [-0.05, 0) is 48.9 Å². The number of aromatic nitrogens is 3. The lowest BCUT2D eigenvalue weighted by Gasteiger charge is -2.24. The monoisotopic (exact) mass is 442 g/mol. The van der Waals surface area contributed by atoms with E-state index in [4.69, 9.17) is 14.5 Å². The number of rotatable bonds is 3. The lowest BCUT2D eigenvalue weighted by molar-refractivity contribution is 0.0254. The van der Waals surface area contributed by atoms with Crippen molar-refractivity contribution in [3.05, 3.63) is 53.1 Å². The summed E-state index contributed by atoms with van der Waals surface area (Å²) in [7, 11) is 0. The Kier molecular flexibility index (Phi) is 4.18. The summed E-state index contributed by atoms with van der Waals surface area (Å²) in [6.45, 7) is 1.48. The molecule has 0 unspecified atom stereocenters. The van der Waals surface area contributed by atoms with Gasteiger partial charge in [0, 0.05) is 54.0 Å². The third-order valence-corrected chi connectivity index (χ3v) is 7.54. The Morgan fingerprint density at radius 3 is 2.82 bits per heavy atom. The largest absolute Gasteiger partial charge is 0.489 e. The van der Waals surface area contributed by atoms with Crippen molar-refractivity contribution >= 4 is 5.91 Å². The molecule has 1 spiro atoms. The lowest BCUT2D eigenvalue weighted by Crippen LogP contribution is -2.43. The first-order valence-corrected chi connectivity index (χ1v) is 11.9. The van der Waals surface area contributed by atoms with E-state index in [1.54, 1.807) is 6.20 Å². The van der Waals surface area contributed by atoms with E-state index in [9.17, 15) is 4.79 Å². The minimum Gasteiger partial charge on any atom is -0.489 e. The van der Waals surface area contributed by atoms with Crippen LogP contribution in [0.25, 0.3) is 22.5 Å². The molecule has 0 radical (unpaired) electrons. The lowest BCUT2D eigenvalue weighted by atomic mass is 9.87. The van der Waals surface area contributed by atoms with E-state index in [2.05, 4.69) is 21.4 Å². The summed E-state index contributed by atoms with van der Waals surface area (Å²) in [5, 5.41) is 3.26. The molecule has 4 aliphatic rings. The first-order valence-electron chi connectivity index (χ1n) is 11.9. The van der Waals surface area contributed by atoms with E-state index in [1.165, 1.54) is 5.56 Å². The van der Waals surface area contributed by atoms with Gasteiger partial charge in [0.1, 0.15) is 11.9 Å². The molecule has 2 N–H and O–H groups in total. The number of pyridine rings is 2. The number of amides is 1. The number of fused-ring (bicyclic) bond motifs is 5. The van der Waals surface area contributed by atoms with Crippen molar-refractivity contribution < 1.29 is 14.3 Å². The molecule has 1 saturated carbocycles. The third-order valence-electron chi connectivity index (χ3n) is 7.54. The van der Waals surface area contributed by atoms with Gasteiger partial charge in [-0.1, -0.05) is 0 Å². The summed E-state index contributed by atoms with van der Waals surface area (Å²) in [6.07, 6.45) is 12.4. The molecule has 1 amide bonds. The van der Waals surface area contributed by atoms with Crippen molar-refractivity contribution in [3.8, 4) is 28.3 Å². The van der Waals surface area contributed by atoms with E-state index in [1.807, 2.05) is 18.5 Å². The van der Waals surface area contributed by atoms with Gasteiger partial charge in [-0.15, -0.1) is 0 Å². The fraction of sp³-hybridized carbons (Fsp3) is 0.423. The molecule has 3 aromatic rings. The average molecular weight is 443 g/mol. The van der Waals surface area contributed by atoms with Crippen molar-refractivity contribution in [2.75, 3.05) is 13.2 Å². The number of hydrogen-bond donors (Lipinski definition) is 2. The second-order valence-corrected chi connectivity index (χ2v) is 9.81. The molecule has 3 aromatic heterocycles. The number of aromatic amines is 1. The van der Waals surface area contributed by atoms with Gasteiger partial charge in [0.25, 0.3) is 5.91 Å². The van der Waals surface area contributed by atoms with Crippen LogP contribution in [0.5, 0.6) is 5.75 Å². The molecule has 2 fully saturated rings. The minimum atomic E-state index is 0.000329. The van der Waals surface area contributed by atoms with E-state index in [-0.39, 0.29) is 17.6 Å². The summed E-state index contributed by atoms with van der Waals surface area (Å²) in [6, 6.07) is 4.15. The first-order chi connectivity index (χ1) is 16.2. The fourth-order valence-corrected chi connectivity index (χ4v) is 5.56. The van der Waals surface area contributed by atoms with Crippen LogP contribution in [0, 0.1) is 0 Å². The Labute approximate surface area is 191 Å². The normalized spacial score (nSPS) is 20.5. The van der Waals surface area contributed by atoms with Crippen LogP contribution in [0.1, 0.15) is 52.9 Å². The molecule has 2 aliphatic heterocycles. The molecule has 168 valence electrons. The number of H-pyrrole nitrogens is 1. The zero-order valence-electron chi connectivity index (χ0n) is 18.4. The molecule has 0 bridgehead atoms. The maximum absolute atomic E-state index is 12.9. The van der Waals surface area contributed by atoms with Gasteiger partial charge >= 0.3 is 0 Å². The molecule has 7 nitrogen and oxygen atoms in total. The van der Waals surface area contributed by atoms with Gasteiger partial charge in [-0.2, -0.15) is 0 Å². The van der Waals surface area contributed by atoms with Crippen LogP contribution < -0.4 is 10.1 Å². The predicted molar refractivity (Wildman–Crippen MR) is 122 cm³/mol. The van der Waals surface area contributed by atoms with Crippen molar-refractivity contribution in [3.63, 3.8) is 0 Å². The summed E-state index contributed by atoms with van der Waals surface area (Å²) in [4.78, 5) is 25.7. The van der Waals surface area contributed by atoms with Crippen molar-refractivity contribution in [2.24, 2.45) is 0 Å². The standard InChI is InChI=1S/C26H26N4O3/c31-25-23-19-2-1-15-13-28-21(10-20(15)24(19)29-22(23)11-26(30-25)5-6-26)16-9-18(14-27-12-16)33-17-3-7-32-8-4-17/h9-10,12-14,17,29H,1-8,11H2,(H,30,31). The summed E-state index contributed by atoms with van der Waals surface area (Å²) >= 11 is 0. The fourth-order valence-electron chi connectivity index (χ4n) is 5.56. The molecular weight excluding hydrogens is 416 g/mol. The van der Waals surface area contributed by atoms with Crippen LogP contribution in [0.15, 0.2) is 30.7 Å². The Hall–Kier alpha value is -3.19. The van der Waals surface area contributed by atoms with Gasteiger partial charge in [0.15, 0.2) is 0 Å². The Balaban J connectivity index is 1.24. The molecule has 7 rings (SSSR count). The number of carbonyl (C=O) groups excluding carboxylic acids is 1. The third kappa shape index (κ3) is 3.25. The van der Waals surface area contributed by atoms with Crippen LogP contribution in [0.4, 0.5) is 0 Å². The van der Waals surface area contributed by atoms with Crippen molar-refractivity contribution in [2.45, 2.75) is 56.6 Å². The molecular formula is C26H26N4O3. The summed E-state index contributed by atoms with van der Waals surface area (Å²) in [5.41, 5.74) is 8.36. The Bertz CT molecular complexity index is 1270. The highest BCUT2D eigenvalue weighted by Crippen LogP contribution is 2.45. The average Bonchev–Trinajstić information content (AvgIpc) is 3.45. The zero-order valence-corrected chi connectivity index (χ0v) is 18.4. The second kappa shape index (κ2) is 7.15. The number of ether oxygens (including phenoxy) is 2. The predicted octanol–water partition coefficient (Wildman–Crippen LogP) is 3.61. The molecule has 33 heavy (non-hydrogen) atoms. The molecule has 2 aliphatic carbocycles. The molecule has 7 heteroatoms. The number of nitrogens with one attached hydrogen (secondary N) is 2. The van der Waals surface area contributed by atoms with Crippen LogP contribution in [-0.4, -0.2) is 45.7 Å². The number of nitrogens with zero attached hydrogens (tertiary/aromatic N) is 2. The first kappa shape index (κ1) is 19.3. The summed E-state index contributed by atoms with van der Waals surface area (Å²) in [5.74, 6) is 0.854. The topological polar surface area (TPSA) is 89.1 Å². The van der Waals surface area contributed by atoms with Gasteiger partial charge in [-0.3, -0.25) is 14.8 Å². The SMILES string of the molecule is O=C1NC2(CC2)Cc2[nH]c3c(c21)CCc1cnc(-c2cncc(OC4CCOCC4)c2)cc1-3. The maximum atomic E-state index is 12.9. The number of hydrogen-bond acceptors (Lipinski definition) is 5. The van der Waals surface area contributed by atoms with E-state index in [0.717, 1.165) is 103 Å². The highest BCUT2D eigenvalue weighted by Gasteiger charge is 2.49. The van der Waals surface area contributed by atoms with E-state index < -0.39 is 0 Å². The molecule has 0 aromatic carbocycles. The van der Waals surface area contributed by atoms with Crippen LogP contribution in [0.2, 0.25) is 0 Å². The summed E-state index contributed by atoms with van der Waals surface area (Å²) < 4.78 is 11.6. The van der Waals surface area contributed by atoms with Crippen molar-refractivity contribution in [1.29, 1.82) is 0 Å². The zero-order chi connectivity index (χ0) is 22.0. The van der Waals surface area contributed by atoms with Crippen LogP contribution >= 0.6 is 0 Å². The quantitative estimate of drug-likeness (QED) is 0.647. The van der Waals surface area contributed by atoms with Crippen LogP contribution in [-0.2, 0) is 24.0 Å². The van der Waals surface area contributed by atoms with Gasteiger partial charge in [-0.25, -0.2) is 0 Å². The Morgan fingerprint density at radius 2 is 1.97 bits per heavy atom. The molecule has 5 heterocycles. The smallest absolute Gasteiger partial charge is 0.253 e. The van der Waals surface area contributed by atoms with Crippen LogP contribution in [0.3, 0.4) is 0 Å². The highest BCUT2D eigenvalue weighted by atomic mass is 16.5. The molecule has 0 atom stereocenters.